The maximum Gasteiger partial charge on any atom is 0.254 e. The Balaban J connectivity index is 1.88. The van der Waals surface area contributed by atoms with Crippen molar-refractivity contribution in [1.82, 2.24) is 10.2 Å². The minimum Gasteiger partial charge on any atom is -0.345 e. The van der Waals surface area contributed by atoms with Crippen LogP contribution in [0, 0.1) is 0 Å². The molecule has 0 atom stereocenters. The molecule has 0 unspecified atom stereocenters. The number of benzene rings is 2. The normalized spacial score (nSPS) is 10.1. The number of hydrogen-bond acceptors (Lipinski definition) is 3. The number of nitrogens with zero attached hydrogens (tertiary/aromatic N) is 1. The Morgan fingerprint density at radius 2 is 1.74 bits per heavy atom. The van der Waals surface area contributed by atoms with Crippen molar-refractivity contribution in [2.45, 2.75) is 13.3 Å². The highest BCUT2D eigenvalue weighted by Crippen LogP contribution is 2.13. The van der Waals surface area contributed by atoms with E-state index in [0.29, 0.717) is 29.2 Å². The van der Waals surface area contributed by atoms with Gasteiger partial charge in [-0.2, -0.15) is 0 Å². The summed E-state index contributed by atoms with van der Waals surface area (Å²) in [5.41, 5.74) is 1.08. The average Bonchev–Trinajstić information content (AvgIpc) is 2.66. The summed E-state index contributed by atoms with van der Waals surface area (Å²) in [5.74, 6) is -1.01. The molecule has 2 aromatic carbocycles. The summed E-state index contributed by atoms with van der Waals surface area (Å²) in [4.78, 5) is 38.1. The number of amides is 3. The molecular weight excluding hydrogens is 366 g/mol. The van der Waals surface area contributed by atoms with Crippen molar-refractivity contribution in [1.29, 1.82) is 0 Å². The Labute approximate surface area is 163 Å². The SMILES string of the molecule is CCCN(CC(=O)NCC(=O)Nc1ccccc1)C(=O)c1cccc(Cl)c1. The second-order valence-electron chi connectivity index (χ2n) is 5.93. The van der Waals surface area contributed by atoms with Crippen molar-refractivity contribution < 1.29 is 14.4 Å². The summed E-state index contributed by atoms with van der Waals surface area (Å²) >= 11 is 5.93. The summed E-state index contributed by atoms with van der Waals surface area (Å²) in [6.45, 7) is 2.05. The highest BCUT2D eigenvalue weighted by Gasteiger charge is 2.18. The second kappa shape index (κ2) is 10.3. The average molecular weight is 388 g/mol. The third-order valence-electron chi connectivity index (χ3n) is 3.69. The van der Waals surface area contributed by atoms with Crippen molar-refractivity contribution >= 4 is 35.0 Å². The van der Waals surface area contributed by atoms with Gasteiger partial charge < -0.3 is 15.5 Å². The zero-order valence-corrected chi connectivity index (χ0v) is 15.8. The fourth-order valence-electron chi connectivity index (χ4n) is 2.46. The highest BCUT2D eigenvalue weighted by atomic mass is 35.5. The zero-order valence-electron chi connectivity index (χ0n) is 15.1. The highest BCUT2D eigenvalue weighted by molar-refractivity contribution is 6.31. The van der Waals surface area contributed by atoms with Gasteiger partial charge in [0, 0.05) is 22.8 Å². The van der Waals surface area contributed by atoms with E-state index in [1.807, 2.05) is 13.0 Å². The number of para-hydroxylation sites is 1. The molecule has 6 nitrogen and oxygen atoms in total. The molecular formula is C20H22ClN3O3. The van der Waals surface area contributed by atoms with E-state index in [4.69, 9.17) is 11.6 Å². The van der Waals surface area contributed by atoms with Gasteiger partial charge in [-0.1, -0.05) is 42.8 Å². The van der Waals surface area contributed by atoms with Crippen molar-refractivity contribution in [3.05, 3.63) is 65.2 Å². The fourth-order valence-corrected chi connectivity index (χ4v) is 2.65. The Kier molecular flexibility index (Phi) is 7.82. The predicted octanol–water partition coefficient (Wildman–Crippen LogP) is 2.95. The Morgan fingerprint density at radius 1 is 1.00 bits per heavy atom. The number of hydrogen-bond donors (Lipinski definition) is 2. The van der Waals surface area contributed by atoms with Gasteiger partial charge in [0.25, 0.3) is 5.91 Å². The molecule has 0 saturated carbocycles. The molecule has 0 saturated heterocycles. The molecule has 0 fully saturated rings. The number of carbonyl (C=O) groups excluding carboxylic acids is 3. The summed E-state index contributed by atoms with van der Waals surface area (Å²) in [6, 6.07) is 15.6. The Bertz CT molecular complexity index is 796. The maximum absolute atomic E-state index is 12.6. The van der Waals surface area contributed by atoms with Crippen molar-refractivity contribution in [2.75, 3.05) is 25.0 Å². The minimum atomic E-state index is -0.401. The topological polar surface area (TPSA) is 78.5 Å². The molecule has 7 heteroatoms. The van der Waals surface area contributed by atoms with E-state index in [1.165, 1.54) is 4.90 Å². The lowest BCUT2D eigenvalue weighted by molar-refractivity contribution is -0.124. The molecule has 0 heterocycles. The third-order valence-corrected chi connectivity index (χ3v) is 3.93. The second-order valence-corrected chi connectivity index (χ2v) is 6.36. The molecule has 2 rings (SSSR count). The van der Waals surface area contributed by atoms with E-state index in [9.17, 15) is 14.4 Å². The van der Waals surface area contributed by atoms with E-state index >= 15 is 0 Å². The van der Waals surface area contributed by atoms with Crippen LogP contribution in [-0.2, 0) is 9.59 Å². The van der Waals surface area contributed by atoms with Crippen molar-refractivity contribution in [3.63, 3.8) is 0 Å². The molecule has 0 aliphatic heterocycles. The van der Waals surface area contributed by atoms with Crippen LogP contribution in [0.5, 0.6) is 0 Å². The first-order valence-electron chi connectivity index (χ1n) is 8.66. The van der Waals surface area contributed by atoms with Crippen LogP contribution in [0.25, 0.3) is 0 Å². The van der Waals surface area contributed by atoms with E-state index in [0.717, 1.165) is 0 Å². The maximum atomic E-state index is 12.6. The summed E-state index contributed by atoms with van der Waals surface area (Å²) in [6.07, 6.45) is 0.702. The molecule has 2 N–H and O–H groups in total. The van der Waals surface area contributed by atoms with Crippen LogP contribution in [-0.4, -0.2) is 42.3 Å². The molecule has 0 aliphatic carbocycles. The monoisotopic (exact) mass is 387 g/mol. The molecule has 0 radical (unpaired) electrons. The van der Waals surface area contributed by atoms with E-state index in [-0.39, 0.29) is 24.9 Å². The molecule has 27 heavy (non-hydrogen) atoms. The lowest BCUT2D eigenvalue weighted by Gasteiger charge is -2.21. The fraction of sp³-hybridized carbons (Fsp3) is 0.250. The molecule has 2 aromatic rings. The molecule has 142 valence electrons. The summed E-state index contributed by atoms with van der Waals surface area (Å²) < 4.78 is 0. The number of carbonyl (C=O) groups is 3. The van der Waals surface area contributed by atoms with Crippen LogP contribution in [0.3, 0.4) is 0 Å². The van der Waals surface area contributed by atoms with Gasteiger partial charge in [-0.3, -0.25) is 14.4 Å². The molecule has 0 bridgehead atoms. The van der Waals surface area contributed by atoms with Crippen LogP contribution >= 0.6 is 11.6 Å². The smallest absolute Gasteiger partial charge is 0.254 e. The number of nitrogens with one attached hydrogen (secondary N) is 2. The summed E-state index contributed by atoms with van der Waals surface area (Å²) in [5, 5.41) is 5.68. The van der Waals surface area contributed by atoms with Gasteiger partial charge in [-0.25, -0.2) is 0 Å². The van der Waals surface area contributed by atoms with Crippen LogP contribution in [0.4, 0.5) is 5.69 Å². The minimum absolute atomic E-state index is 0.127. The van der Waals surface area contributed by atoms with E-state index in [1.54, 1.807) is 48.5 Å². The third kappa shape index (κ3) is 6.75. The van der Waals surface area contributed by atoms with Crippen LogP contribution in [0.1, 0.15) is 23.7 Å². The Hall–Kier alpha value is -2.86. The first-order valence-corrected chi connectivity index (χ1v) is 9.04. The van der Waals surface area contributed by atoms with E-state index < -0.39 is 5.91 Å². The molecule has 0 aromatic heterocycles. The van der Waals surface area contributed by atoms with Crippen molar-refractivity contribution in [3.8, 4) is 0 Å². The first-order chi connectivity index (χ1) is 13.0. The van der Waals surface area contributed by atoms with Gasteiger partial charge in [0.1, 0.15) is 0 Å². The number of rotatable bonds is 8. The Morgan fingerprint density at radius 3 is 2.41 bits per heavy atom. The lowest BCUT2D eigenvalue weighted by Crippen LogP contribution is -2.43. The largest absolute Gasteiger partial charge is 0.345 e. The van der Waals surface area contributed by atoms with Crippen LogP contribution in [0.15, 0.2) is 54.6 Å². The van der Waals surface area contributed by atoms with Gasteiger partial charge in [-0.05, 0) is 36.8 Å². The standard InChI is InChI=1S/C20H22ClN3O3/c1-2-11-24(20(27)15-7-6-8-16(21)12-15)14-19(26)22-13-18(25)23-17-9-4-3-5-10-17/h3-10,12H,2,11,13-14H2,1H3,(H,22,26)(H,23,25). The quantitative estimate of drug-likeness (QED) is 0.731. The van der Waals surface area contributed by atoms with Crippen molar-refractivity contribution in [2.24, 2.45) is 0 Å². The van der Waals surface area contributed by atoms with Crippen LogP contribution < -0.4 is 10.6 Å². The molecule has 0 aliphatic rings. The van der Waals surface area contributed by atoms with Gasteiger partial charge in [0.05, 0.1) is 13.1 Å². The number of halogens is 1. The van der Waals surface area contributed by atoms with Gasteiger partial charge in [0.2, 0.25) is 11.8 Å². The number of anilines is 1. The van der Waals surface area contributed by atoms with Crippen LogP contribution in [0.2, 0.25) is 5.02 Å². The molecule has 0 spiro atoms. The van der Waals surface area contributed by atoms with Gasteiger partial charge in [0.15, 0.2) is 0 Å². The lowest BCUT2D eigenvalue weighted by atomic mass is 10.2. The first kappa shape index (κ1) is 20.5. The van der Waals surface area contributed by atoms with Gasteiger partial charge in [-0.15, -0.1) is 0 Å². The summed E-state index contributed by atoms with van der Waals surface area (Å²) in [7, 11) is 0. The van der Waals surface area contributed by atoms with Gasteiger partial charge >= 0.3 is 0 Å². The molecule has 3 amide bonds. The van der Waals surface area contributed by atoms with E-state index in [2.05, 4.69) is 10.6 Å². The predicted molar refractivity (Wildman–Crippen MR) is 106 cm³/mol. The zero-order chi connectivity index (χ0) is 19.6.